The molecule has 0 fully saturated rings. The van der Waals surface area contributed by atoms with Gasteiger partial charge in [0, 0.05) is 5.56 Å². The molecule has 0 heterocycles. The first-order valence-electron chi connectivity index (χ1n) is 5.36. The van der Waals surface area contributed by atoms with Crippen LogP contribution in [-0.4, -0.2) is 45.6 Å². The van der Waals surface area contributed by atoms with E-state index in [2.05, 4.69) is 0 Å². The first-order valence-corrected chi connectivity index (χ1v) is 5.36. The molecule has 0 radical (unpaired) electrons. The fourth-order valence-electron chi connectivity index (χ4n) is 1.60. The van der Waals surface area contributed by atoms with E-state index in [-0.39, 0.29) is 16.9 Å². The van der Waals surface area contributed by atoms with Crippen molar-refractivity contribution in [1.82, 2.24) is 0 Å². The lowest BCUT2D eigenvalue weighted by Crippen LogP contribution is -2.22. The molecule has 0 aromatic heterocycles. The second-order valence-corrected chi connectivity index (χ2v) is 3.87. The van der Waals surface area contributed by atoms with E-state index in [9.17, 15) is 19.8 Å². The van der Waals surface area contributed by atoms with E-state index in [4.69, 9.17) is 14.9 Å². The standard InChI is InChI=1S/C12H14O7/c1-19-9-3-2-6(12(17)18)4-7(9)11(16)8(13)5-10(14)15/h2-4,8,11,13,16H,5H2,1H3,(H,14,15)(H,17,18). The van der Waals surface area contributed by atoms with Crippen LogP contribution in [0.5, 0.6) is 5.75 Å². The lowest BCUT2D eigenvalue weighted by atomic mass is 9.99. The number of aliphatic carboxylic acids is 1. The summed E-state index contributed by atoms with van der Waals surface area (Å²) in [4.78, 5) is 21.3. The first kappa shape index (κ1) is 14.9. The maximum absolute atomic E-state index is 10.8. The predicted molar refractivity (Wildman–Crippen MR) is 63.2 cm³/mol. The zero-order chi connectivity index (χ0) is 14.6. The van der Waals surface area contributed by atoms with E-state index in [0.29, 0.717) is 0 Å². The highest BCUT2D eigenvalue weighted by atomic mass is 16.5. The monoisotopic (exact) mass is 270 g/mol. The molecule has 0 aliphatic rings. The van der Waals surface area contributed by atoms with Crippen molar-refractivity contribution in [3.63, 3.8) is 0 Å². The summed E-state index contributed by atoms with van der Waals surface area (Å²) in [5, 5.41) is 36.8. The number of aliphatic hydroxyl groups is 2. The average Bonchev–Trinajstić information content (AvgIpc) is 2.36. The molecule has 0 spiro atoms. The van der Waals surface area contributed by atoms with Crippen LogP contribution in [0, 0.1) is 0 Å². The molecule has 2 unspecified atom stereocenters. The fourth-order valence-corrected chi connectivity index (χ4v) is 1.60. The van der Waals surface area contributed by atoms with Gasteiger partial charge in [0.2, 0.25) is 0 Å². The van der Waals surface area contributed by atoms with E-state index >= 15 is 0 Å². The molecule has 7 heteroatoms. The van der Waals surface area contributed by atoms with Gasteiger partial charge >= 0.3 is 11.9 Å². The van der Waals surface area contributed by atoms with Gasteiger partial charge in [0.25, 0.3) is 0 Å². The maximum atomic E-state index is 10.8. The molecule has 1 aromatic carbocycles. The van der Waals surface area contributed by atoms with Crippen molar-refractivity contribution in [3.05, 3.63) is 29.3 Å². The molecule has 19 heavy (non-hydrogen) atoms. The Morgan fingerprint density at radius 3 is 2.37 bits per heavy atom. The van der Waals surface area contributed by atoms with Gasteiger partial charge in [-0.25, -0.2) is 4.79 Å². The van der Waals surface area contributed by atoms with Crippen molar-refractivity contribution in [2.75, 3.05) is 7.11 Å². The van der Waals surface area contributed by atoms with Gasteiger partial charge in [-0.15, -0.1) is 0 Å². The zero-order valence-corrected chi connectivity index (χ0v) is 10.1. The van der Waals surface area contributed by atoms with Gasteiger partial charge in [0.15, 0.2) is 0 Å². The molecule has 0 aliphatic carbocycles. The van der Waals surface area contributed by atoms with Crippen LogP contribution in [0.2, 0.25) is 0 Å². The maximum Gasteiger partial charge on any atom is 0.335 e. The van der Waals surface area contributed by atoms with Crippen molar-refractivity contribution in [3.8, 4) is 5.75 Å². The quantitative estimate of drug-likeness (QED) is 0.584. The van der Waals surface area contributed by atoms with Crippen LogP contribution in [0.4, 0.5) is 0 Å². The Bertz CT molecular complexity index is 483. The van der Waals surface area contributed by atoms with E-state index in [1.807, 2.05) is 0 Å². The molecule has 0 aliphatic heterocycles. The van der Waals surface area contributed by atoms with E-state index in [1.54, 1.807) is 0 Å². The zero-order valence-electron chi connectivity index (χ0n) is 10.1. The van der Waals surface area contributed by atoms with Gasteiger partial charge in [0.1, 0.15) is 11.9 Å². The van der Waals surface area contributed by atoms with Gasteiger partial charge in [-0.1, -0.05) is 0 Å². The number of methoxy groups -OCH3 is 1. The van der Waals surface area contributed by atoms with Crippen LogP contribution in [0.3, 0.4) is 0 Å². The van der Waals surface area contributed by atoms with Crippen LogP contribution < -0.4 is 4.74 Å². The van der Waals surface area contributed by atoms with Gasteiger partial charge in [-0.05, 0) is 18.2 Å². The van der Waals surface area contributed by atoms with Crippen LogP contribution in [0.15, 0.2) is 18.2 Å². The van der Waals surface area contributed by atoms with Gasteiger partial charge in [-0.2, -0.15) is 0 Å². The number of carbonyl (C=O) groups is 2. The molecule has 0 bridgehead atoms. The molecule has 0 saturated heterocycles. The molecule has 0 amide bonds. The highest BCUT2D eigenvalue weighted by molar-refractivity contribution is 5.88. The molecule has 1 aromatic rings. The number of ether oxygens (including phenoxy) is 1. The normalized spacial score (nSPS) is 13.6. The summed E-state index contributed by atoms with van der Waals surface area (Å²) in [5.41, 5.74) is -0.0754. The molecule has 7 nitrogen and oxygen atoms in total. The number of benzene rings is 1. The summed E-state index contributed by atoms with van der Waals surface area (Å²) in [6.45, 7) is 0. The topological polar surface area (TPSA) is 124 Å². The molecular weight excluding hydrogens is 256 g/mol. The van der Waals surface area contributed by atoms with Crippen molar-refractivity contribution in [1.29, 1.82) is 0 Å². The van der Waals surface area contributed by atoms with Crippen molar-refractivity contribution < 1.29 is 34.8 Å². The van der Waals surface area contributed by atoms with E-state index < -0.39 is 30.6 Å². The Morgan fingerprint density at radius 1 is 1.26 bits per heavy atom. The third kappa shape index (κ3) is 3.67. The van der Waals surface area contributed by atoms with Crippen LogP contribution in [0.1, 0.15) is 28.4 Å². The summed E-state index contributed by atoms with van der Waals surface area (Å²) in [6, 6.07) is 3.74. The van der Waals surface area contributed by atoms with E-state index in [1.165, 1.54) is 19.2 Å². The number of aromatic carboxylic acids is 1. The second-order valence-electron chi connectivity index (χ2n) is 3.87. The number of hydrogen-bond acceptors (Lipinski definition) is 5. The second kappa shape index (κ2) is 6.17. The van der Waals surface area contributed by atoms with Crippen molar-refractivity contribution >= 4 is 11.9 Å². The van der Waals surface area contributed by atoms with Crippen molar-refractivity contribution in [2.45, 2.75) is 18.6 Å². The minimum atomic E-state index is -1.56. The number of carboxylic acids is 2. The fraction of sp³-hybridized carbons (Fsp3) is 0.333. The van der Waals surface area contributed by atoms with Gasteiger partial charge in [-0.3, -0.25) is 4.79 Å². The molecule has 2 atom stereocenters. The van der Waals surface area contributed by atoms with Crippen LogP contribution in [0.25, 0.3) is 0 Å². The summed E-state index contributed by atoms with van der Waals surface area (Å²) < 4.78 is 4.94. The predicted octanol–water partition coefficient (Wildman–Crippen LogP) is 0.262. The largest absolute Gasteiger partial charge is 0.496 e. The Morgan fingerprint density at radius 2 is 1.89 bits per heavy atom. The Hall–Kier alpha value is -2.12. The van der Waals surface area contributed by atoms with Gasteiger partial charge in [0.05, 0.1) is 25.2 Å². The molecule has 1 rings (SSSR count). The summed E-state index contributed by atoms with van der Waals surface area (Å²) in [5.74, 6) is -2.31. The highest BCUT2D eigenvalue weighted by Gasteiger charge is 2.25. The van der Waals surface area contributed by atoms with Crippen LogP contribution >= 0.6 is 0 Å². The minimum absolute atomic E-state index is 0.0242. The Labute approximate surface area is 108 Å². The number of carboxylic acid groups (broad SMARTS) is 2. The smallest absolute Gasteiger partial charge is 0.335 e. The number of hydrogen-bond donors (Lipinski definition) is 4. The van der Waals surface area contributed by atoms with Crippen LogP contribution in [-0.2, 0) is 4.79 Å². The average molecular weight is 270 g/mol. The Kier molecular flexibility index (Phi) is 4.85. The van der Waals surface area contributed by atoms with Gasteiger partial charge < -0.3 is 25.2 Å². The van der Waals surface area contributed by atoms with E-state index in [0.717, 1.165) is 6.07 Å². The highest BCUT2D eigenvalue weighted by Crippen LogP contribution is 2.29. The first-order chi connectivity index (χ1) is 8.86. The third-order valence-corrected chi connectivity index (χ3v) is 2.54. The number of aliphatic hydroxyl groups excluding tert-OH is 2. The molecule has 4 N–H and O–H groups in total. The lowest BCUT2D eigenvalue weighted by Gasteiger charge is -2.19. The SMILES string of the molecule is COc1ccc(C(=O)O)cc1C(O)C(O)CC(=O)O. The summed E-state index contributed by atoms with van der Waals surface area (Å²) in [6.07, 6.45) is -3.78. The minimum Gasteiger partial charge on any atom is -0.496 e. The third-order valence-electron chi connectivity index (χ3n) is 2.54. The lowest BCUT2D eigenvalue weighted by molar-refractivity contribution is -0.141. The molecule has 0 saturated carbocycles. The molecule has 104 valence electrons. The molecular formula is C12H14O7. The number of rotatable bonds is 6. The Balaban J connectivity index is 3.11. The summed E-state index contributed by atoms with van der Waals surface area (Å²) >= 11 is 0. The van der Waals surface area contributed by atoms with Crippen molar-refractivity contribution in [2.24, 2.45) is 0 Å². The summed E-state index contributed by atoms with van der Waals surface area (Å²) in [7, 11) is 1.32.